The van der Waals surface area contributed by atoms with Gasteiger partial charge in [-0.3, -0.25) is 0 Å². The number of hydrogen-bond acceptors (Lipinski definition) is 4. The lowest BCUT2D eigenvalue weighted by Gasteiger charge is -2.31. The predicted molar refractivity (Wildman–Crippen MR) is 71.8 cm³/mol. The third-order valence-corrected chi connectivity index (χ3v) is 3.55. The van der Waals surface area contributed by atoms with E-state index in [1.807, 2.05) is 13.1 Å². The zero-order chi connectivity index (χ0) is 12.8. The molecule has 0 spiro atoms. The molecule has 1 N–H and O–H groups in total. The lowest BCUT2D eigenvalue weighted by molar-refractivity contribution is 0.112. The number of ether oxygens (including phenoxy) is 1. The van der Waals surface area contributed by atoms with Gasteiger partial charge in [-0.2, -0.15) is 0 Å². The second-order valence-corrected chi connectivity index (χ2v) is 4.93. The van der Waals surface area contributed by atoms with Crippen molar-refractivity contribution in [3.05, 3.63) is 18.1 Å². The molecule has 100 valence electrons. The highest BCUT2D eigenvalue weighted by Crippen LogP contribution is 2.23. The molecule has 1 saturated carbocycles. The number of nitrogens with one attached hydrogen (secondary N) is 1. The monoisotopic (exact) mass is 249 g/mol. The third kappa shape index (κ3) is 3.42. The minimum Gasteiger partial charge on any atom is -0.473 e. The SMILES string of the molecule is CCCc1cc(OC2CCCCC2NC)ncn1. The molecule has 1 aromatic heterocycles. The first kappa shape index (κ1) is 13.3. The number of aryl methyl sites for hydroxylation is 1. The molecule has 0 bridgehead atoms. The minimum atomic E-state index is 0.244. The average molecular weight is 249 g/mol. The highest BCUT2D eigenvalue weighted by molar-refractivity contribution is 5.14. The van der Waals surface area contributed by atoms with Crippen LogP contribution in [0.3, 0.4) is 0 Å². The van der Waals surface area contributed by atoms with Gasteiger partial charge in [-0.05, 0) is 32.7 Å². The molecular formula is C14H23N3O. The van der Waals surface area contributed by atoms with Crippen LogP contribution in [0.15, 0.2) is 12.4 Å². The molecular weight excluding hydrogens is 226 g/mol. The summed E-state index contributed by atoms with van der Waals surface area (Å²) in [5, 5.41) is 3.35. The van der Waals surface area contributed by atoms with E-state index in [0.29, 0.717) is 6.04 Å². The Morgan fingerprint density at radius 3 is 2.94 bits per heavy atom. The quantitative estimate of drug-likeness (QED) is 0.870. The van der Waals surface area contributed by atoms with Gasteiger partial charge in [0.1, 0.15) is 12.4 Å². The van der Waals surface area contributed by atoms with Crippen LogP contribution >= 0.6 is 0 Å². The second kappa shape index (κ2) is 6.69. The molecule has 2 atom stereocenters. The summed E-state index contributed by atoms with van der Waals surface area (Å²) in [6, 6.07) is 2.42. The van der Waals surface area contributed by atoms with Crippen LogP contribution in [-0.2, 0) is 6.42 Å². The summed E-state index contributed by atoms with van der Waals surface area (Å²) in [6.45, 7) is 2.15. The molecule has 0 amide bonds. The Morgan fingerprint density at radius 2 is 2.17 bits per heavy atom. The molecule has 1 aliphatic carbocycles. The van der Waals surface area contributed by atoms with Crippen LogP contribution in [0, 0.1) is 0 Å². The van der Waals surface area contributed by atoms with E-state index in [9.17, 15) is 0 Å². The molecule has 0 aliphatic heterocycles. The Bertz CT molecular complexity index is 370. The molecule has 1 fully saturated rings. The standard InChI is InChI=1S/C14H23N3O/c1-3-6-11-9-14(17-10-16-11)18-13-8-5-4-7-12(13)15-2/h9-10,12-13,15H,3-8H2,1-2H3. The van der Waals surface area contributed by atoms with Crippen molar-refractivity contribution in [2.75, 3.05) is 7.05 Å². The van der Waals surface area contributed by atoms with Crippen molar-refractivity contribution in [3.63, 3.8) is 0 Å². The zero-order valence-electron chi connectivity index (χ0n) is 11.4. The summed E-state index contributed by atoms with van der Waals surface area (Å²) in [5.74, 6) is 0.723. The van der Waals surface area contributed by atoms with Gasteiger partial charge in [0.05, 0.1) is 0 Å². The molecule has 0 saturated heterocycles. The van der Waals surface area contributed by atoms with Gasteiger partial charge in [-0.15, -0.1) is 0 Å². The van der Waals surface area contributed by atoms with Crippen molar-refractivity contribution in [3.8, 4) is 5.88 Å². The third-order valence-electron chi connectivity index (χ3n) is 3.55. The number of nitrogens with zero attached hydrogens (tertiary/aromatic N) is 2. The smallest absolute Gasteiger partial charge is 0.216 e. The maximum absolute atomic E-state index is 6.03. The molecule has 0 radical (unpaired) electrons. The van der Waals surface area contributed by atoms with Gasteiger partial charge in [0.2, 0.25) is 5.88 Å². The summed E-state index contributed by atoms with van der Waals surface area (Å²) in [6.07, 6.45) is 8.77. The largest absolute Gasteiger partial charge is 0.473 e. The van der Waals surface area contributed by atoms with Crippen LogP contribution in [0.25, 0.3) is 0 Å². The lowest BCUT2D eigenvalue weighted by atomic mass is 9.92. The molecule has 2 rings (SSSR count). The molecule has 0 aromatic carbocycles. The Hall–Kier alpha value is -1.16. The fourth-order valence-electron chi connectivity index (χ4n) is 2.56. The van der Waals surface area contributed by atoms with E-state index in [2.05, 4.69) is 22.2 Å². The van der Waals surface area contributed by atoms with Crippen molar-refractivity contribution >= 4 is 0 Å². The second-order valence-electron chi connectivity index (χ2n) is 4.93. The lowest BCUT2D eigenvalue weighted by Crippen LogP contribution is -2.43. The summed E-state index contributed by atoms with van der Waals surface area (Å²) >= 11 is 0. The van der Waals surface area contributed by atoms with Crippen molar-refractivity contribution in [1.29, 1.82) is 0 Å². The van der Waals surface area contributed by atoms with Crippen LogP contribution in [-0.4, -0.2) is 29.2 Å². The van der Waals surface area contributed by atoms with E-state index in [-0.39, 0.29) is 6.10 Å². The zero-order valence-corrected chi connectivity index (χ0v) is 11.4. The van der Waals surface area contributed by atoms with Gasteiger partial charge in [0.15, 0.2) is 0 Å². The fraction of sp³-hybridized carbons (Fsp3) is 0.714. The minimum absolute atomic E-state index is 0.244. The van der Waals surface area contributed by atoms with E-state index in [4.69, 9.17) is 4.74 Å². The van der Waals surface area contributed by atoms with Crippen LogP contribution in [0.5, 0.6) is 5.88 Å². The summed E-state index contributed by atoms with van der Waals surface area (Å²) in [4.78, 5) is 8.48. The number of likely N-dealkylation sites (N-methyl/N-ethyl adjacent to an activating group) is 1. The molecule has 1 heterocycles. The van der Waals surface area contributed by atoms with Crippen molar-refractivity contribution < 1.29 is 4.74 Å². The highest BCUT2D eigenvalue weighted by Gasteiger charge is 2.25. The maximum atomic E-state index is 6.03. The normalized spacial score (nSPS) is 23.9. The Kier molecular flexibility index (Phi) is 4.93. The maximum Gasteiger partial charge on any atom is 0.216 e. The Labute approximate surface area is 109 Å². The van der Waals surface area contributed by atoms with E-state index in [1.54, 1.807) is 6.33 Å². The first-order valence-electron chi connectivity index (χ1n) is 6.98. The first-order valence-corrected chi connectivity index (χ1v) is 6.98. The molecule has 18 heavy (non-hydrogen) atoms. The van der Waals surface area contributed by atoms with Gasteiger partial charge < -0.3 is 10.1 Å². The van der Waals surface area contributed by atoms with Gasteiger partial charge in [-0.1, -0.05) is 19.8 Å². The number of rotatable bonds is 5. The Morgan fingerprint density at radius 1 is 1.33 bits per heavy atom. The summed E-state index contributed by atoms with van der Waals surface area (Å²) < 4.78 is 6.03. The van der Waals surface area contributed by atoms with Crippen LogP contribution in [0.4, 0.5) is 0 Å². The molecule has 2 unspecified atom stereocenters. The fourth-order valence-corrected chi connectivity index (χ4v) is 2.56. The van der Waals surface area contributed by atoms with Gasteiger partial charge >= 0.3 is 0 Å². The highest BCUT2D eigenvalue weighted by atomic mass is 16.5. The topological polar surface area (TPSA) is 47.0 Å². The molecule has 1 aromatic rings. The van der Waals surface area contributed by atoms with Gasteiger partial charge in [0.25, 0.3) is 0 Å². The van der Waals surface area contributed by atoms with Crippen LogP contribution < -0.4 is 10.1 Å². The van der Waals surface area contributed by atoms with Gasteiger partial charge in [0, 0.05) is 17.8 Å². The van der Waals surface area contributed by atoms with E-state index in [1.165, 1.54) is 19.3 Å². The van der Waals surface area contributed by atoms with Crippen LogP contribution in [0.2, 0.25) is 0 Å². The van der Waals surface area contributed by atoms with E-state index in [0.717, 1.165) is 30.8 Å². The van der Waals surface area contributed by atoms with E-state index < -0.39 is 0 Å². The number of hydrogen-bond donors (Lipinski definition) is 1. The number of aromatic nitrogens is 2. The summed E-state index contributed by atoms with van der Waals surface area (Å²) in [5.41, 5.74) is 1.07. The predicted octanol–water partition coefficient (Wildman–Crippen LogP) is 2.34. The molecule has 1 aliphatic rings. The average Bonchev–Trinajstić information content (AvgIpc) is 2.40. The summed E-state index contributed by atoms with van der Waals surface area (Å²) in [7, 11) is 2.01. The molecule has 4 heteroatoms. The molecule has 4 nitrogen and oxygen atoms in total. The van der Waals surface area contributed by atoms with Crippen molar-refractivity contribution in [1.82, 2.24) is 15.3 Å². The van der Waals surface area contributed by atoms with Crippen LogP contribution in [0.1, 0.15) is 44.7 Å². The van der Waals surface area contributed by atoms with E-state index >= 15 is 0 Å². The Balaban J connectivity index is 2.00. The van der Waals surface area contributed by atoms with Crippen molar-refractivity contribution in [2.24, 2.45) is 0 Å². The van der Waals surface area contributed by atoms with Crippen molar-refractivity contribution in [2.45, 2.75) is 57.6 Å². The first-order chi connectivity index (χ1) is 8.83. The van der Waals surface area contributed by atoms with Gasteiger partial charge in [-0.25, -0.2) is 9.97 Å².